The van der Waals surface area contributed by atoms with Crippen LogP contribution in [0.4, 0.5) is 4.79 Å². The quantitative estimate of drug-likeness (QED) is 0.391. The number of amides is 3. The lowest BCUT2D eigenvalue weighted by atomic mass is 10.5. The number of nitrogens with zero attached hydrogens (tertiary/aromatic N) is 1. The molecule has 0 aromatic carbocycles. The third-order valence-corrected chi connectivity index (χ3v) is 1.52. The van der Waals surface area contributed by atoms with E-state index in [4.69, 9.17) is 0 Å². The minimum atomic E-state index is -0.0577. The van der Waals surface area contributed by atoms with Crippen LogP contribution in [0.25, 0.3) is 0 Å². The molecule has 0 saturated carbocycles. The fraction of sp³-hybridized carbons (Fsp3) is 0.667. The van der Waals surface area contributed by atoms with Crippen molar-refractivity contribution >= 4 is 12.4 Å². The molecule has 1 fully saturated rings. The molecule has 0 aliphatic carbocycles. The molecule has 0 unspecified atom stereocenters. The van der Waals surface area contributed by atoms with Crippen LogP contribution in [0.2, 0.25) is 0 Å². The Morgan fingerprint density at radius 3 is 3.09 bits per heavy atom. The smallest absolute Gasteiger partial charge is 0.317 e. The Kier molecular flexibility index (Phi) is 2.71. The van der Waals surface area contributed by atoms with Gasteiger partial charge in [-0.2, -0.15) is 0 Å². The van der Waals surface area contributed by atoms with Gasteiger partial charge in [0.25, 0.3) is 0 Å². The van der Waals surface area contributed by atoms with E-state index in [0.717, 1.165) is 6.54 Å². The third-order valence-electron chi connectivity index (χ3n) is 1.52. The molecule has 2 N–H and O–H groups in total. The lowest BCUT2D eigenvalue weighted by Gasteiger charge is -2.12. The first-order valence-electron chi connectivity index (χ1n) is 3.47. The van der Waals surface area contributed by atoms with Crippen LogP contribution in [0.1, 0.15) is 0 Å². The number of urea groups is 1. The standard InChI is InChI=1S/C6H10N3O2/c10-5-7-1-3-9-4-2-8-6(9)11/h1-4H2,(H,7,10)(H,8,11). The molecule has 1 aliphatic rings. The predicted molar refractivity (Wildman–Crippen MR) is 38.7 cm³/mol. The molecule has 0 aromatic rings. The van der Waals surface area contributed by atoms with Crippen molar-refractivity contribution < 1.29 is 9.59 Å². The van der Waals surface area contributed by atoms with E-state index < -0.39 is 0 Å². The minimum absolute atomic E-state index is 0.0577. The van der Waals surface area contributed by atoms with Gasteiger partial charge in [-0.3, -0.25) is 4.79 Å². The molecule has 1 heterocycles. The molecule has 61 valence electrons. The molecular formula is C6H10N3O2. The maximum absolute atomic E-state index is 10.9. The Morgan fingerprint density at radius 1 is 1.73 bits per heavy atom. The Balaban J connectivity index is 2.15. The first kappa shape index (κ1) is 7.84. The maximum Gasteiger partial charge on any atom is 0.317 e. The summed E-state index contributed by atoms with van der Waals surface area (Å²) in [6.07, 6.45) is 1.55. The number of rotatable bonds is 4. The van der Waals surface area contributed by atoms with Crippen LogP contribution < -0.4 is 10.6 Å². The van der Waals surface area contributed by atoms with E-state index in [1.54, 1.807) is 11.3 Å². The highest BCUT2D eigenvalue weighted by molar-refractivity contribution is 5.76. The van der Waals surface area contributed by atoms with Gasteiger partial charge >= 0.3 is 12.4 Å². The Bertz CT molecular complexity index is 160. The van der Waals surface area contributed by atoms with Crippen LogP contribution in [-0.2, 0) is 4.79 Å². The summed E-state index contributed by atoms with van der Waals surface area (Å²) in [6, 6.07) is -0.0577. The molecule has 1 saturated heterocycles. The van der Waals surface area contributed by atoms with E-state index in [2.05, 4.69) is 10.6 Å². The molecule has 0 spiro atoms. The average Bonchev–Trinajstić information content (AvgIpc) is 2.37. The molecule has 0 atom stereocenters. The molecule has 5 nitrogen and oxygen atoms in total. The molecule has 0 aromatic heterocycles. The Labute approximate surface area is 64.7 Å². The van der Waals surface area contributed by atoms with Gasteiger partial charge in [-0.05, 0) is 0 Å². The molecule has 1 radical (unpaired) electrons. The fourth-order valence-electron chi connectivity index (χ4n) is 0.966. The van der Waals surface area contributed by atoms with Crippen molar-refractivity contribution in [3.05, 3.63) is 0 Å². The lowest BCUT2D eigenvalue weighted by Crippen LogP contribution is -2.34. The van der Waals surface area contributed by atoms with Gasteiger partial charge in [-0.25, -0.2) is 4.79 Å². The van der Waals surface area contributed by atoms with Gasteiger partial charge in [0, 0.05) is 26.2 Å². The van der Waals surface area contributed by atoms with Gasteiger partial charge in [0.15, 0.2) is 0 Å². The first-order chi connectivity index (χ1) is 5.34. The number of nitrogens with one attached hydrogen (secondary N) is 2. The molecule has 5 heteroatoms. The summed E-state index contributed by atoms with van der Waals surface area (Å²) in [6.45, 7) is 2.45. The average molecular weight is 156 g/mol. The number of hydrogen-bond donors (Lipinski definition) is 2. The van der Waals surface area contributed by atoms with E-state index >= 15 is 0 Å². The topological polar surface area (TPSA) is 61.4 Å². The van der Waals surface area contributed by atoms with E-state index in [1.807, 2.05) is 0 Å². The highest BCUT2D eigenvalue weighted by Gasteiger charge is 2.17. The Morgan fingerprint density at radius 2 is 2.55 bits per heavy atom. The number of hydrogen-bond acceptors (Lipinski definition) is 2. The van der Waals surface area contributed by atoms with Gasteiger partial charge in [0.1, 0.15) is 0 Å². The zero-order valence-electron chi connectivity index (χ0n) is 6.09. The van der Waals surface area contributed by atoms with E-state index in [0.29, 0.717) is 19.6 Å². The summed E-state index contributed by atoms with van der Waals surface area (Å²) in [5.41, 5.74) is 0. The number of carbonyl (C=O) groups excluding carboxylic acids is 2. The van der Waals surface area contributed by atoms with Gasteiger partial charge in [0.2, 0.25) is 0 Å². The molecule has 11 heavy (non-hydrogen) atoms. The van der Waals surface area contributed by atoms with Gasteiger partial charge in [-0.1, -0.05) is 0 Å². The van der Waals surface area contributed by atoms with E-state index in [-0.39, 0.29) is 6.03 Å². The zero-order chi connectivity index (χ0) is 8.10. The highest BCUT2D eigenvalue weighted by atomic mass is 16.2. The summed E-state index contributed by atoms with van der Waals surface area (Å²) >= 11 is 0. The number of carbonyl (C=O) groups is 1. The van der Waals surface area contributed by atoms with Crippen molar-refractivity contribution in [1.82, 2.24) is 15.5 Å². The second-order valence-corrected chi connectivity index (χ2v) is 2.25. The van der Waals surface area contributed by atoms with Gasteiger partial charge in [-0.15, -0.1) is 0 Å². The van der Waals surface area contributed by atoms with Crippen LogP contribution in [0.15, 0.2) is 0 Å². The van der Waals surface area contributed by atoms with Crippen molar-refractivity contribution in [3.8, 4) is 0 Å². The van der Waals surface area contributed by atoms with Crippen LogP contribution in [-0.4, -0.2) is 43.5 Å². The van der Waals surface area contributed by atoms with Crippen molar-refractivity contribution in [2.45, 2.75) is 0 Å². The maximum atomic E-state index is 10.9. The van der Waals surface area contributed by atoms with Gasteiger partial charge < -0.3 is 15.5 Å². The molecule has 0 bridgehead atoms. The summed E-state index contributed by atoms with van der Waals surface area (Å²) in [5.74, 6) is 0. The van der Waals surface area contributed by atoms with Crippen molar-refractivity contribution in [3.63, 3.8) is 0 Å². The Hall–Kier alpha value is -1.26. The lowest BCUT2D eigenvalue weighted by molar-refractivity contribution is 0.218. The second kappa shape index (κ2) is 3.80. The fourth-order valence-corrected chi connectivity index (χ4v) is 0.966. The zero-order valence-corrected chi connectivity index (χ0v) is 6.09. The summed E-state index contributed by atoms with van der Waals surface area (Å²) in [4.78, 5) is 22.2. The monoisotopic (exact) mass is 156 g/mol. The third kappa shape index (κ3) is 2.10. The van der Waals surface area contributed by atoms with Crippen LogP contribution in [0.5, 0.6) is 0 Å². The van der Waals surface area contributed by atoms with Crippen molar-refractivity contribution in [2.24, 2.45) is 0 Å². The summed E-state index contributed by atoms with van der Waals surface area (Å²) in [5, 5.41) is 5.03. The molecule has 1 rings (SSSR count). The van der Waals surface area contributed by atoms with Crippen LogP contribution >= 0.6 is 0 Å². The van der Waals surface area contributed by atoms with E-state index in [1.165, 1.54) is 0 Å². The molecule has 3 amide bonds. The van der Waals surface area contributed by atoms with E-state index in [9.17, 15) is 9.59 Å². The predicted octanol–water partition coefficient (Wildman–Crippen LogP) is -1.33. The normalized spacial score (nSPS) is 16.4. The molecular weight excluding hydrogens is 146 g/mol. The minimum Gasteiger partial charge on any atom is -0.346 e. The SMILES string of the molecule is O=[C]NCCN1CCNC1=O. The molecule has 1 aliphatic heterocycles. The van der Waals surface area contributed by atoms with Crippen molar-refractivity contribution in [1.29, 1.82) is 0 Å². The van der Waals surface area contributed by atoms with Crippen molar-refractivity contribution in [2.75, 3.05) is 26.2 Å². The second-order valence-electron chi connectivity index (χ2n) is 2.25. The largest absolute Gasteiger partial charge is 0.346 e. The van der Waals surface area contributed by atoms with Crippen LogP contribution in [0, 0.1) is 0 Å². The van der Waals surface area contributed by atoms with Gasteiger partial charge in [0.05, 0.1) is 0 Å². The summed E-state index contributed by atoms with van der Waals surface area (Å²) in [7, 11) is 0. The van der Waals surface area contributed by atoms with Crippen LogP contribution in [0.3, 0.4) is 0 Å². The first-order valence-corrected chi connectivity index (χ1v) is 3.47. The highest BCUT2D eigenvalue weighted by Crippen LogP contribution is 1.93. The summed E-state index contributed by atoms with van der Waals surface area (Å²) < 4.78 is 0.